The fraction of sp³-hybridized carbons (Fsp3) is 0.944. The lowest BCUT2D eigenvalue weighted by molar-refractivity contribution is -0.351. The Morgan fingerprint density at radius 1 is 0.941 bits per heavy atom. The van der Waals surface area contributed by atoms with E-state index in [1.807, 2.05) is 0 Å². The largest absolute Gasteiger partial charge is 0.477 e. The number of aliphatic hydroxyl groups is 9. The number of ether oxygens (including phenoxy) is 5. The summed E-state index contributed by atoms with van der Waals surface area (Å²) in [5.41, 5.74) is 0. The first-order valence-corrected chi connectivity index (χ1v) is 10.5. The van der Waals surface area contributed by atoms with E-state index in [1.165, 1.54) is 0 Å². The lowest BCUT2D eigenvalue weighted by Crippen LogP contribution is -2.64. The van der Waals surface area contributed by atoms with Crippen LogP contribution in [0.3, 0.4) is 0 Å². The molecule has 3 saturated heterocycles. The first kappa shape index (κ1) is 27.5. The fourth-order valence-corrected chi connectivity index (χ4v) is 4.11. The van der Waals surface area contributed by atoms with E-state index in [0.29, 0.717) is 0 Å². The molecule has 0 aliphatic carbocycles. The first-order valence-electron chi connectivity index (χ1n) is 10.5. The minimum Gasteiger partial charge on any atom is -0.477 e. The van der Waals surface area contributed by atoms with Crippen molar-refractivity contribution in [2.24, 2.45) is 0 Å². The highest BCUT2D eigenvalue weighted by molar-refractivity contribution is 5.76. The zero-order chi connectivity index (χ0) is 25.4. The van der Waals surface area contributed by atoms with Crippen LogP contribution >= 0.6 is 0 Å². The number of hydrogen-bond donors (Lipinski definition) is 10. The molecule has 3 heterocycles. The van der Waals surface area contributed by atoms with Crippen molar-refractivity contribution < 1.29 is 79.5 Å². The van der Waals surface area contributed by atoms with Gasteiger partial charge >= 0.3 is 5.97 Å². The van der Waals surface area contributed by atoms with Gasteiger partial charge in [0.15, 0.2) is 12.6 Å². The van der Waals surface area contributed by atoms with Crippen LogP contribution in [0.25, 0.3) is 0 Å². The van der Waals surface area contributed by atoms with Crippen LogP contribution in [0.2, 0.25) is 0 Å². The molecule has 0 aromatic rings. The van der Waals surface area contributed by atoms with Gasteiger partial charge in [-0.2, -0.15) is 0 Å². The third-order valence-corrected chi connectivity index (χ3v) is 6.01. The Kier molecular flexibility index (Phi) is 8.81. The molecule has 13 atom stereocenters. The molecular formula is C18H30O16. The van der Waals surface area contributed by atoms with Crippen LogP contribution < -0.4 is 0 Å². The van der Waals surface area contributed by atoms with Gasteiger partial charge in [-0.25, -0.2) is 4.79 Å². The van der Waals surface area contributed by atoms with Gasteiger partial charge in [0, 0.05) is 6.42 Å². The quantitative estimate of drug-likeness (QED) is 0.140. The zero-order valence-corrected chi connectivity index (χ0v) is 17.7. The van der Waals surface area contributed by atoms with Gasteiger partial charge in [-0.05, 0) is 0 Å². The van der Waals surface area contributed by atoms with Crippen molar-refractivity contribution in [3.05, 3.63) is 0 Å². The highest BCUT2D eigenvalue weighted by Gasteiger charge is 2.59. The van der Waals surface area contributed by atoms with Gasteiger partial charge in [-0.1, -0.05) is 0 Å². The van der Waals surface area contributed by atoms with Crippen LogP contribution in [0.15, 0.2) is 0 Å². The summed E-state index contributed by atoms with van der Waals surface area (Å²) >= 11 is 0. The van der Waals surface area contributed by atoms with Gasteiger partial charge in [-0.3, -0.25) is 0 Å². The lowest BCUT2D eigenvalue weighted by Gasteiger charge is -2.45. The second kappa shape index (κ2) is 10.9. The molecule has 0 bridgehead atoms. The number of carboxylic acids is 1. The molecule has 16 heteroatoms. The predicted octanol–water partition coefficient (Wildman–Crippen LogP) is -6.45. The molecule has 0 radical (unpaired) electrons. The molecule has 0 saturated carbocycles. The zero-order valence-electron chi connectivity index (χ0n) is 17.7. The number of rotatable bonds is 9. The molecule has 3 aliphatic rings. The normalized spacial score (nSPS) is 48.2. The molecule has 0 spiro atoms. The molecule has 0 aromatic carbocycles. The van der Waals surface area contributed by atoms with Gasteiger partial charge in [0.2, 0.25) is 0 Å². The van der Waals surface area contributed by atoms with Gasteiger partial charge in [-0.15, -0.1) is 0 Å². The first-order chi connectivity index (χ1) is 16.0. The molecule has 16 nitrogen and oxygen atoms in total. The van der Waals surface area contributed by atoms with E-state index in [2.05, 4.69) is 0 Å². The smallest absolute Gasteiger partial charge is 0.364 e. The number of carboxylic acid groups (broad SMARTS) is 1. The van der Waals surface area contributed by atoms with Crippen LogP contribution in [0.1, 0.15) is 6.42 Å². The standard InChI is InChI=1S/C18H30O16/c19-2-6(23)12-9(24)5(22)1-18(33-12,17(28)29)34-14-11(26)8(4-21)31-16(14)32-13-10(25)7(3-20)30-15(13)27/h5-16,19-27H,1-4H2,(H,28,29)/t5-,6-,7-,8-,9-,10-,11-,12-,13-,14-,15-,16+,18+/m1/s1. The average Bonchev–Trinajstić information content (AvgIpc) is 3.25. The summed E-state index contributed by atoms with van der Waals surface area (Å²) in [5.74, 6) is -4.63. The SMILES string of the molecule is O=C(O)[C@@]1(O[C@H]2[C@H](O[C@@H]3[C@H](O)[C@@H](CO)O[C@H]3O)O[C@H](CO)[C@H]2O)C[C@@H](O)[C@@H](O)[C@@H]([C@H](O)CO)O1. The molecule has 3 rings (SSSR count). The Morgan fingerprint density at radius 3 is 2.06 bits per heavy atom. The molecule has 0 unspecified atom stereocenters. The van der Waals surface area contributed by atoms with Crippen LogP contribution in [0.5, 0.6) is 0 Å². The van der Waals surface area contributed by atoms with Crippen molar-refractivity contribution >= 4 is 5.97 Å². The minimum absolute atomic E-state index is 0.670. The Bertz CT molecular complexity index is 695. The molecule has 3 fully saturated rings. The molecule has 0 aromatic heterocycles. The van der Waals surface area contributed by atoms with E-state index in [1.54, 1.807) is 0 Å². The Balaban J connectivity index is 1.87. The summed E-state index contributed by atoms with van der Waals surface area (Å²) in [6.07, 6.45) is -20.8. The fourth-order valence-electron chi connectivity index (χ4n) is 4.11. The number of aliphatic hydroxyl groups excluding tert-OH is 9. The molecule has 0 amide bonds. The van der Waals surface area contributed by atoms with E-state index in [4.69, 9.17) is 23.7 Å². The maximum atomic E-state index is 12.1. The summed E-state index contributed by atoms with van der Waals surface area (Å²) in [5, 5.41) is 98.6. The van der Waals surface area contributed by atoms with E-state index in [-0.39, 0.29) is 0 Å². The summed E-state index contributed by atoms with van der Waals surface area (Å²) in [6, 6.07) is 0. The van der Waals surface area contributed by atoms with Crippen LogP contribution in [0, 0.1) is 0 Å². The van der Waals surface area contributed by atoms with Crippen LogP contribution in [-0.4, -0.2) is 156 Å². The molecule has 3 aliphatic heterocycles. The molecule has 198 valence electrons. The minimum atomic E-state index is -2.79. The molecular weight excluding hydrogens is 472 g/mol. The second-order valence-corrected chi connectivity index (χ2v) is 8.29. The Hall–Kier alpha value is -1.09. The van der Waals surface area contributed by atoms with E-state index < -0.39 is 112 Å². The third kappa shape index (κ3) is 5.06. The van der Waals surface area contributed by atoms with Gasteiger partial charge in [0.25, 0.3) is 5.79 Å². The molecule has 34 heavy (non-hydrogen) atoms. The van der Waals surface area contributed by atoms with Crippen molar-refractivity contribution in [3.8, 4) is 0 Å². The van der Waals surface area contributed by atoms with Crippen molar-refractivity contribution in [2.75, 3.05) is 19.8 Å². The Labute approximate surface area is 192 Å². The van der Waals surface area contributed by atoms with Crippen molar-refractivity contribution in [1.82, 2.24) is 0 Å². The van der Waals surface area contributed by atoms with Gasteiger partial charge < -0.3 is 74.7 Å². The average molecular weight is 502 g/mol. The summed E-state index contributed by atoms with van der Waals surface area (Å²) in [4.78, 5) is 12.1. The maximum absolute atomic E-state index is 12.1. The summed E-state index contributed by atoms with van der Waals surface area (Å²) in [6.45, 7) is -2.40. The van der Waals surface area contributed by atoms with Gasteiger partial charge in [0.05, 0.1) is 25.9 Å². The lowest BCUT2D eigenvalue weighted by atomic mass is 9.92. The number of aliphatic carboxylic acids is 1. The van der Waals surface area contributed by atoms with Crippen LogP contribution in [0.4, 0.5) is 0 Å². The number of hydrogen-bond acceptors (Lipinski definition) is 15. The van der Waals surface area contributed by atoms with Crippen LogP contribution in [-0.2, 0) is 28.5 Å². The topological polar surface area (TPSA) is 266 Å². The highest BCUT2D eigenvalue weighted by atomic mass is 16.8. The highest BCUT2D eigenvalue weighted by Crippen LogP contribution is 2.38. The monoisotopic (exact) mass is 502 g/mol. The third-order valence-electron chi connectivity index (χ3n) is 6.01. The van der Waals surface area contributed by atoms with Crippen molar-refractivity contribution in [2.45, 2.75) is 85.8 Å². The molecule has 10 N–H and O–H groups in total. The van der Waals surface area contributed by atoms with E-state index >= 15 is 0 Å². The van der Waals surface area contributed by atoms with Gasteiger partial charge in [0.1, 0.15) is 54.9 Å². The second-order valence-electron chi connectivity index (χ2n) is 8.29. The van der Waals surface area contributed by atoms with Crippen molar-refractivity contribution in [3.63, 3.8) is 0 Å². The summed E-state index contributed by atoms with van der Waals surface area (Å²) in [7, 11) is 0. The van der Waals surface area contributed by atoms with Crippen molar-refractivity contribution in [1.29, 1.82) is 0 Å². The predicted molar refractivity (Wildman–Crippen MR) is 100 cm³/mol. The van der Waals surface area contributed by atoms with E-state index in [9.17, 15) is 55.9 Å². The maximum Gasteiger partial charge on any atom is 0.364 e. The van der Waals surface area contributed by atoms with E-state index in [0.717, 1.165) is 0 Å². The summed E-state index contributed by atoms with van der Waals surface area (Å²) < 4.78 is 26.5. The Morgan fingerprint density at radius 2 is 1.53 bits per heavy atom. The number of carbonyl (C=O) groups is 1.